The van der Waals surface area contributed by atoms with Gasteiger partial charge in [0.1, 0.15) is 10.8 Å². The Kier molecular flexibility index (Phi) is 5.25. The molecule has 0 bridgehead atoms. The lowest BCUT2D eigenvalue weighted by molar-refractivity contribution is -0.111. The van der Waals surface area contributed by atoms with Gasteiger partial charge in [-0.05, 0) is 30.3 Å². The molecule has 0 aliphatic heterocycles. The van der Waals surface area contributed by atoms with Crippen LogP contribution in [0.5, 0.6) is 11.5 Å². The highest BCUT2D eigenvalue weighted by Crippen LogP contribution is 2.33. The topological polar surface area (TPSA) is 51.2 Å². The highest BCUT2D eigenvalue weighted by molar-refractivity contribution is 7.10. The summed E-state index contributed by atoms with van der Waals surface area (Å²) in [5, 5.41) is 5.92. The van der Waals surface area contributed by atoms with E-state index in [0.29, 0.717) is 22.2 Å². The van der Waals surface area contributed by atoms with E-state index in [1.165, 1.54) is 17.4 Å². The molecule has 0 fully saturated rings. The average Bonchev–Trinajstić information content (AvgIpc) is 3.10. The van der Waals surface area contributed by atoms with Gasteiger partial charge in [0.05, 0.1) is 10.7 Å². The van der Waals surface area contributed by atoms with Crippen LogP contribution >= 0.6 is 22.9 Å². The molecule has 3 aromatic rings. The number of thiazole rings is 1. The van der Waals surface area contributed by atoms with Crippen molar-refractivity contribution >= 4 is 40.6 Å². The predicted molar refractivity (Wildman–Crippen MR) is 97.7 cm³/mol. The predicted octanol–water partition coefficient (Wildman–Crippen LogP) is 5.24. The minimum Gasteiger partial charge on any atom is -0.454 e. The summed E-state index contributed by atoms with van der Waals surface area (Å²) in [4.78, 5) is 16.2. The third-order valence-corrected chi connectivity index (χ3v) is 4.08. The van der Waals surface area contributed by atoms with Gasteiger partial charge in [-0.15, -0.1) is 11.3 Å². The van der Waals surface area contributed by atoms with Gasteiger partial charge in [0.2, 0.25) is 5.91 Å². The van der Waals surface area contributed by atoms with Gasteiger partial charge in [-0.2, -0.15) is 0 Å². The van der Waals surface area contributed by atoms with Gasteiger partial charge < -0.3 is 10.1 Å². The molecule has 0 spiro atoms. The number of anilines is 1. The Morgan fingerprint density at radius 1 is 1.12 bits per heavy atom. The number of hydrogen-bond acceptors (Lipinski definition) is 4. The molecule has 1 heterocycles. The molecular formula is C18H13ClN2O2S. The van der Waals surface area contributed by atoms with Crippen LogP contribution in [0.3, 0.4) is 0 Å². The standard InChI is InChI=1S/C18H13ClN2O2S/c19-13-5-1-3-7-15(13)23-16-8-4-2-6-14(16)21-17(22)9-10-18-20-11-12-24-18/h1-12H,(H,21,22)/b10-9+. The molecule has 1 amide bonds. The smallest absolute Gasteiger partial charge is 0.248 e. The van der Waals surface area contributed by atoms with Gasteiger partial charge in [0.25, 0.3) is 0 Å². The number of amides is 1. The Hall–Kier alpha value is -2.63. The normalized spacial score (nSPS) is 10.7. The highest BCUT2D eigenvalue weighted by atomic mass is 35.5. The third kappa shape index (κ3) is 4.22. The summed E-state index contributed by atoms with van der Waals surface area (Å²) in [6.07, 6.45) is 4.79. The molecule has 120 valence electrons. The fourth-order valence-electron chi connectivity index (χ4n) is 1.94. The lowest BCUT2D eigenvalue weighted by atomic mass is 10.2. The lowest BCUT2D eigenvalue weighted by Gasteiger charge is -2.12. The quantitative estimate of drug-likeness (QED) is 0.636. The largest absolute Gasteiger partial charge is 0.454 e. The van der Waals surface area contributed by atoms with E-state index in [9.17, 15) is 4.79 Å². The number of hydrogen-bond donors (Lipinski definition) is 1. The number of halogens is 1. The van der Waals surface area contributed by atoms with Crippen molar-refractivity contribution in [3.05, 3.63) is 76.2 Å². The second-order valence-corrected chi connectivity index (χ2v) is 6.05. The number of carbonyl (C=O) groups excluding carboxylic acids is 1. The molecule has 0 radical (unpaired) electrons. The van der Waals surface area contributed by atoms with Crippen LogP contribution in [0.15, 0.2) is 66.2 Å². The second-order valence-electron chi connectivity index (χ2n) is 4.72. The number of carbonyl (C=O) groups is 1. The van der Waals surface area contributed by atoms with E-state index >= 15 is 0 Å². The molecule has 6 heteroatoms. The summed E-state index contributed by atoms with van der Waals surface area (Å²) in [5.74, 6) is 0.779. The summed E-state index contributed by atoms with van der Waals surface area (Å²) in [6.45, 7) is 0. The zero-order chi connectivity index (χ0) is 16.8. The van der Waals surface area contributed by atoms with E-state index in [1.54, 1.807) is 36.5 Å². The van der Waals surface area contributed by atoms with Gasteiger partial charge >= 0.3 is 0 Å². The molecule has 0 saturated carbocycles. The minimum atomic E-state index is -0.264. The van der Waals surface area contributed by atoms with Crippen molar-refractivity contribution in [2.45, 2.75) is 0 Å². The maximum Gasteiger partial charge on any atom is 0.248 e. The van der Waals surface area contributed by atoms with Gasteiger partial charge in [-0.1, -0.05) is 35.9 Å². The van der Waals surface area contributed by atoms with Crippen LogP contribution in [0.2, 0.25) is 5.02 Å². The van der Waals surface area contributed by atoms with Crippen LogP contribution in [-0.2, 0) is 4.79 Å². The minimum absolute atomic E-state index is 0.264. The van der Waals surface area contributed by atoms with Gasteiger partial charge in [0.15, 0.2) is 5.75 Å². The summed E-state index contributed by atoms with van der Waals surface area (Å²) in [5.41, 5.74) is 0.561. The van der Waals surface area contributed by atoms with Crippen LogP contribution in [0.1, 0.15) is 5.01 Å². The zero-order valence-electron chi connectivity index (χ0n) is 12.5. The van der Waals surface area contributed by atoms with E-state index in [2.05, 4.69) is 10.3 Å². The Balaban J connectivity index is 1.74. The van der Waals surface area contributed by atoms with Gasteiger partial charge in [0, 0.05) is 17.7 Å². The SMILES string of the molecule is O=C(/C=C/c1nccs1)Nc1ccccc1Oc1ccccc1Cl. The van der Waals surface area contributed by atoms with E-state index in [-0.39, 0.29) is 5.91 Å². The fraction of sp³-hybridized carbons (Fsp3) is 0. The van der Waals surface area contributed by atoms with Crippen molar-refractivity contribution < 1.29 is 9.53 Å². The van der Waals surface area contributed by atoms with E-state index < -0.39 is 0 Å². The first-order chi connectivity index (χ1) is 11.7. The maximum absolute atomic E-state index is 12.1. The molecule has 0 aliphatic rings. The van der Waals surface area contributed by atoms with E-state index in [1.807, 2.05) is 29.6 Å². The Labute approximate surface area is 148 Å². The van der Waals surface area contributed by atoms with Gasteiger partial charge in [-0.25, -0.2) is 4.98 Å². The number of nitrogens with zero attached hydrogens (tertiary/aromatic N) is 1. The summed E-state index contributed by atoms with van der Waals surface area (Å²) in [6, 6.07) is 14.3. The number of para-hydroxylation sites is 3. The molecule has 1 N–H and O–H groups in total. The first-order valence-electron chi connectivity index (χ1n) is 7.12. The number of benzene rings is 2. The Morgan fingerprint density at radius 3 is 2.62 bits per heavy atom. The number of aromatic nitrogens is 1. The first kappa shape index (κ1) is 16.2. The highest BCUT2D eigenvalue weighted by Gasteiger charge is 2.08. The van der Waals surface area contributed by atoms with Crippen LogP contribution in [0.4, 0.5) is 5.69 Å². The zero-order valence-corrected chi connectivity index (χ0v) is 14.1. The van der Waals surface area contributed by atoms with Crippen LogP contribution < -0.4 is 10.1 Å². The van der Waals surface area contributed by atoms with Crippen molar-refractivity contribution in [1.82, 2.24) is 4.98 Å². The molecule has 24 heavy (non-hydrogen) atoms. The molecule has 0 aliphatic carbocycles. The Bertz CT molecular complexity index is 863. The average molecular weight is 357 g/mol. The molecule has 4 nitrogen and oxygen atoms in total. The van der Waals surface area contributed by atoms with Crippen molar-refractivity contribution in [3.8, 4) is 11.5 Å². The first-order valence-corrected chi connectivity index (χ1v) is 8.38. The monoisotopic (exact) mass is 356 g/mol. The molecule has 3 rings (SSSR count). The Morgan fingerprint density at radius 2 is 1.88 bits per heavy atom. The van der Waals surface area contributed by atoms with Crippen LogP contribution in [-0.4, -0.2) is 10.9 Å². The lowest BCUT2D eigenvalue weighted by Crippen LogP contribution is -2.08. The molecule has 0 atom stereocenters. The van der Waals surface area contributed by atoms with Crippen molar-refractivity contribution in [2.24, 2.45) is 0 Å². The van der Waals surface area contributed by atoms with Crippen molar-refractivity contribution in [1.29, 1.82) is 0 Å². The molecule has 0 saturated heterocycles. The fourth-order valence-corrected chi connectivity index (χ4v) is 2.65. The maximum atomic E-state index is 12.1. The molecule has 1 aromatic heterocycles. The molecular weight excluding hydrogens is 344 g/mol. The van der Waals surface area contributed by atoms with E-state index in [0.717, 1.165) is 5.01 Å². The molecule has 0 unspecified atom stereocenters. The second kappa shape index (κ2) is 7.77. The third-order valence-electron chi connectivity index (χ3n) is 3.03. The van der Waals surface area contributed by atoms with Gasteiger partial charge in [-0.3, -0.25) is 4.79 Å². The van der Waals surface area contributed by atoms with Crippen LogP contribution in [0.25, 0.3) is 6.08 Å². The summed E-state index contributed by atoms with van der Waals surface area (Å²) >= 11 is 7.57. The van der Waals surface area contributed by atoms with Crippen molar-refractivity contribution in [3.63, 3.8) is 0 Å². The van der Waals surface area contributed by atoms with Crippen molar-refractivity contribution in [2.75, 3.05) is 5.32 Å². The van der Waals surface area contributed by atoms with E-state index in [4.69, 9.17) is 16.3 Å². The number of ether oxygens (including phenoxy) is 1. The number of rotatable bonds is 5. The number of nitrogens with one attached hydrogen (secondary N) is 1. The summed E-state index contributed by atoms with van der Waals surface area (Å²) < 4.78 is 5.81. The molecule has 2 aromatic carbocycles. The van der Waals surface area contributed by atoms with Crippen LogP contribution in [0, 0.1) is 0 Å². The summed E-state index contributed by atoms with van der Waals surface area (Å²) in [7, 11) is 0.